The highest BCUT2D eigenvalue weighted by atomic mass is 79.9. The smallest absolute Gasteiger partial charge is 0.0874 e. The Morgan fingerprint density at radius 3 is 2.90 bits per heavy atom. The van der Waals surface area contributed by atoms with E-state index in [-0.39, 0.29) is 6.10 Å². The number of likely N-dealkylation sites (N-methyl/N-ethyl adjacent to an activating group) is 1. The highest BCUT2D eigenvalue weighted by Crippen LogP contribution is 2.23. The van der Waals surface area contributed by atoms with E-state index >= 15 is 0 Å². The minimum absolute atomic E-state index is 0.277. The zero-order chi connectivity index (χ0) is 14.7. The Morgan fingerprint density at radius 2 is 2.05 bits per heavy atom. The molecule has 21 heavy (non-hydrogen) atoms. The molecule has 2 aromatic rings. The third-order valence-electron chi connectivity index (χ3n) is 4.01. The Balaban J connectivity index is 1.63. The Labute approximate surface area is 134 Å². The summed E-state index contributed by atoms with van der Waals surface area (Å²) in [6.07, 6.45) is 0.277. The zero-order valence-electron chi connectivity index (χ0n) is 12.3. The normalized spacial score (nSPS) is 19.8. The van der Waals surface area contributed by atoms with Gasteiger partial charge in [0, 0.05) is 29.8 Å². The molecule has 1 saturated heterocycles. The van der Waals surface area contributed by atoms with Gasteiger partial charge in [0.25, 0.3) is 0 Å². The lowest BCUT2D eigenvalue weighted by atomic mass is 10.1. The van der Waals surface area contributed by atoms with Gasteiger partial charge in [-0.2, -0.15) is 0 Å². The summed E-state index contributed by atoms with van der Waals surface area (Å²) >= 11 is 3.51. The fraction of sp³-hybridized carbons (Fsp3) is 0.412. The summed E-state index contributed by atoms with van der Waals surface area (Å²) in [6.45, 7) is 7.08. The van der Waals surface area contributed by atoms with Crippen LogP contribution in [0.15, 0.2) is 40.9 Å². The van der Waals surface area contributed by atoms with Gasteiger partial charge >= 0.3 is 0 Å². The van der Waals surface area contributed by atoms with E-state index in [9.17, 15) is 0 Å². The maximum absolute atomic E-state index is 5.82. The molecular formula is C17H21BrN2O. The molecule has 3 rings (SSSR count). The maximum Gasteiger partial charge on any atom is 0.0874 e. The molecule has 1 N–H and O–H groups in total. The minimum atomic E-state index is 0.277. The van der Waals surface area contributed by atoms with Crippen LogP contribution in [0.25, 0.3) is 10.8 Å². The number of hydrogen-bond donors (Lipinski definition) is 1. The number of nitrogens with one attached hydrogen (secondary N) is 1. The van der Waals surface area contributed by atoms with Crippen LogP contribution in [0.2, 0.25) is 0 Å². The van der Waals surface area contributed by atoms with E-state index in [1.165, 1.54) is 10.8 Å². The number of halogens is 1. The molecule has 0 aromatic heterocycles. The predicted molar refractivity (Wildman–Crippen MR) is 92.0 cm³/mol. The van der Waals surface area contributed by atoms with Gasteiger partial charge in [-0.05, 0) is 41.6 Å². The number of benzene rings is 2. The molecule has 112 valence electrons. The minimum Gasteiger partial charge on any atom is -0.382 e. The highest BCUT2D eigenvalue weighted by Gasteiger charge is 2.18. The van der Waals surface area contributed by atoms with E-state index in [0.29, 0.717) is 0 Å². The van der Waals surface area contributed by atoms with Crippen LogP contribution in [0.4, 0.5) is 5.69 Å². The van der Waals surface area contributed by atoms with Crippen molar-refractivity contribution in [2.45, 2.75) is 13.0 Å². The molecule has 1 fully saturated rings. The average Bonchev–Trinajstić information content (AvgIpc) is 2.53. The summed E-state index contributed by atoms with van der Waals surface area (Å²) in [4.78, 5) is 2.44. The molecule has 1 aliphatic heterocycles. The summed E-state index contributed by atoms with van der Waals surface area (Å²) in [7, 11) is 0. The van der Waals surface area contributed by atoms with Gasteiger partial charge in [-0.15, -0.1) is 0 Å². The zero-order valence-corrected chi connectivity index (χ0v) is 13.9. The van der Waals surface area contributed by atoms with Crippen molar-refractivity contribution in [2.24, 2.45) is 0 Å². The molecule has 0 bridgehead atoms. The molecule has 0 spiro atoms. The van der Waals surface area contributed by atoms with E-state index in [4.69, 9.17) is 4.74 Å². The van der Waals surface area contributed by atoms with E-state index in [0.717, 1.165) is 42.9 Å². The van der Waals surface area contributed by atoms with Crippen molar-refractivity contribution in [3.8, 4) is 0 Å². The number of nitrogens with zero attached hydrogens (tertiary/aromatic N) is 1. The van der Waals surface area contributed by atoms with Gasteiger partial charge in [0.2, 0.25) is 0 Å². The molecule has 0 radical (unpaired) electrons. The molecule has 0 aliphatic carbocycles. The number of hydrogen-bond acceptors (Lipinski definition) is 3. The van der Waals surface area contributed by atoms with Gasteiger partial charge in [-0.1, -0.05) is 35.0 Å². The lowest BCUT2D eigenvalue weighted by molar-refractivity contribution is -0.0191. The van der Waals surface area contributed by atoms with E-state index < -0.39 is 0 Å². The van der Waals surface area contributed by atoms with Crippen LogP contribution in [0, 0.1) is 0 Å². The Morgan fingerprint density at radius 1 is 1.24 bits per heavy atom. The number of ether oxygens (including phenoxy) is 1. The van der Waals surface area contributed by atoms with Crippen molar-refractivity contribution < 1.29 is 4.74 Å². The standard InChI is InChI=1S/C17H21BrN2O/c1-2-20-7-8-21-17(12-20)11-19-16-6-4-13-9-15(18)5-3-14(13)10-16/h3-6,9-10,17,19H,2,7-8,11-12H2,1H3. The molecule has 4 heteroatoms. The molecule has 0 saturated carbocycles. The van der Waals surface area contributed by atoms with Crippen LogP contribution in [0.5, 0.6) is 0 Å². The van der Waals surface area contributed by atoms with Crippen molar-refractivity contribution in [1.82, 2.24) is 4.90 Å². The number of anilines is 1. The van der Waals surface area contributed by atoms with Crippen molar-refractivity contribution >= 4 is 32.4 Å². The second-order valence-electron chi connectivity index (χ2n) is 5.47. The first kappa shape index (κ1) is 14.8. The Bertz CT molecular complexity index is 617. The number of rotatable bonds is 4. The third-order valence-corrected chi connectivity index (χ3v) is 4.50. The summed E-state index contributed by atoms with van der Waals surface area (Å²) in [5.74, 6) is 0. The second kappa shape index (κ2) is 6.77. The van der Waals surface area contributed by atoms with Crippen LogP contribution in [0.1, 0.15) is 6.92 Å². The number of fused-ring (bicyclic) bond motifs is 1. The molecular weight excluding hydrogens is 328 g/mol. The molecule has 1 unspecified atom stereocenters. The second-order valence-corrected chi connectivity index (χ2v) is 6.39. The Kier molecular flexibility index (Phi) is 4.78. The van der Waals surface area contributed by atoms with Gasteiger partial charge in [-0.3, -0.25) is 4.90 Å². The van der Waals surface area contributed by atoms with Crippen molar-refractivity contribution in [1.29, 1.82) is 0 Å². The fourth-order valence-electron chi connectivity index (χ4n) is 2.75. The Hall–Kier alpha value is -1.10. The molecule has 1 atom stereocenters. The lowest BCUT2D eigenvalue weighted by Crippen LogP contribution is -2.45. The van der Waals surface area contributed by atoms with Gasteiger partial charge in [-0.25, -0.2) is 0 Å². The molecule has 3 nitrogen and oxygen atoms in total. The summed E-state index contributed by atoms with van der Waals surface area (Å²) in [5.41, 5.74) is 1.15. The number of morpholine rings is 1. The van der Waals surface area contributed by atoms with Crippen molar-refractivity contribution in [3.63, 3.8) is 0 Å². The first-order valence-corrected chi connectivity index (χ1v) is 8.31. The predicted octanol–water partition coefficient (Wildman–Crippen LogP) is 3.73. The van der Waals surface area contributed by atoms with E-state index in [1.54, 1.807) is 0 Å². The molecule has 0 amide bonds. The van der Waals surface area contributed by atoms with Crippen LogP contribution >= 0.6 is 15.9 Å². The monoisotopic (exact) mass is 348 g/mol. The van der Waals surface area contributed by atoms with Gasteiger partial charge in [0.15, 0.2) is 0 Å². The van der Waals surface area contributed by atoms with E-state index in [1.807, 2.05) is 0 Å². The van der Waals surface area contributed by atoms with Gasteiger partial charge in [0.1, 0.15) is 0 Å². The molecule has 1 heterocycles. The first-order valence-electron chi connectivity index (χ1n) is 7.52. The van der Waals surface area contributed by atoms with Gasteiger partial charge in [0.05, 0.1) is 12.7 Å². The molecule has 1 aliphatic rings. The third kappa shape index (κ3) is 3.76. The van der Waals surface area contributed by atoms with Crippen molar-refractivity contribution in [2.75, 3.05) is 38.1 Å². The van der Waals surface area contributed by atoms with E-state index in [2.05, 4.69) is 69.5 Å². The van der Waals surface area contributed by atoms with Crippen LogP contribution in [0.3, 0.4) is 0 Å². The van der Waals surface area contributed by atoms with Crippen LogP contribution in [-0.4, -0.2) is 43.8 Å². The maximum atomic E-state index is 5.82. The largest absolute Gasteiger partial charge is 0.382 e. The SMILES string of the molecule is CCN1CCOC(CNc2ccc3cc(Br)ccc3c2)C1. The summed E-state index contributed by atoms with van der Waals surface area (Å²) in [6, 6.07) is 12.8. The van der Waals surface area contributed by atoms with Crippen LogP contribution < -0.4 is 5.32 Å². The molecule has 2 aromatic carbocycles. The summed E-state index contributed by atoms with van der Waals surface area (Å²) < 4.78 is 6.94. The van der Waals surface area contributed by atoms with Gasteiger partial charge < -0.3 is 10.1 Å². The average molecular weight is 349 g/mol. The topological polar surface area (TPSA) is 24.5 Å². The lowest BCUT2D eigenvalue weighted by Gasteiger charge is -2.32. The highest BCUT2D eigenvalue weighted by molar-refractivity contribution is 9.10. The van der Waals surface area contributed by atoms with Crippen molar-refractivity contribution in [3.05, 3.63) is 40.9 Å². The summed E-state index contributed by atoms with van der Waals surface area (Å²) in [5, 5.41) is 6.01. The fourth-order valence-corrected chi connectivity index (χ4v) is 3.13. The first-order chi connectivity index (χ1) is 10.2. The van der Waals surface area contributed by atoms with Crippen LogP contribution in [-0.2, 0) is 4.74 Å². The quantitative estimate of drug-likeness (QED) is 0.910.